The van der Waals surface area contributed by atoms with Gasteiger partial charge in [0.1, 0.15) is 23.4 Å². The highest BCUT2D eigenvalue weighted by Crippen LogP contribution is 2.07. The van der Waals surface area contributed by atoms with E-state index >= 15 is 0 Å². The Kier molecular flexibility index (Phi) is 14.6. The first-order valence-corrected chi connectivity index (χ1v) is 10.5. The molecule has 0 aliphatic heterocycles. The molecule has 0 saturated carbocycles. The third-order valence-electron chi connectivity index (χ3n) is 4.73. The topological polar surface area (TPSA) is 133 Å². The first-order valence-electron chi connectivity index (χ1n) is 10.5. The number of carbonyl (C=O) groups is 5. The van der Waals surface area contributed by atoms with E-state index in [2.05, 4.69) is 21.3 Å². The van der Waals surface area contributed by atoms with E-state index in [9.17, 15) is 24.0 Å². The molecule has 3 atom stereocenters. The fraction of sp³-hybridized carbons (Fsp3) is 0.762. The SMILES string of the molecule is CNCCCC(CC(C)=O)NC(=O)C(CCC(C)=O)NC(=O)C(CCC(C)=O)NC. The van der Waals surface area contributed by atoms with Crippen LogP contribution in [0, 0.1) is 0 Å². The summed E-state index contributed by atoms with van der Waals surface area (Å²) in [6, 6.07) is -1.85. The molecule has 3 unspecified atom stereocenters. The molecule has 0 aromatic rings. The van der Waals surface area contributed by atoms with E-state index in [-0.39, 0.29) is 49.1 Å². The quantitative estimate of drug-likeness (QED) is 0.245. The zero-order valence-corrected chi connectivity index (χ0v) is 18.9. The van der Waals surface area contributed by atoms with Crippen LogP contribution < -0.4 is 21.3 Å². The van der Waals surface area contributed by atoms with E-state index in [0.717, 1.165) is 13.0 Å². The fourth-order valence-corrected chi connectivity index (χ4v) is 3.04. The molecule has 172 valence electrons. The van der Waals surface area contributed by atoms with Gasteiger partial charge in [0.2, 0.25) is 11.8 Å². The van der Waals surface area contributed by atoms with Crippen molar-refractivity contribution in [2.24, 2.45) is 0 Å². The lowest BCUT2D eigenvalue weighted by Gasteiger charge is -2.25. The molecule has 0 saturated heterocycles. The summed E-state index contributed by atoms with van der Waals surface area (Å²) in [7, 11) is 3.44. The van der Waals surface area contributed by atoms with Gasteiger partial charge in [-0.1, -0.05) is 0 Å². The molecule has 0 aromatic carbocycles. The van der Waals surface area contributed by atoms with E-state index in [1.54, 1.807) is 7.05 Å². The van der Waals surface area contributed by atoms with Gasteiger partial charge in [0.15, 0.2) is 0 Å². The Morgan fingerprint density at radius 2 is 1.23 bits per heavy atom. The van der Waals surface area contributed by atoms with Crippen molar-refractivity contribution < 1.29 is 24.0 Å². The number of nitrogens with one attached hydrogen (secondary N) is 4. The van der Waals surface area contributed by atoms with Gasteiger partial charge >= 0.3 is 0 Å². The summed E-state index contributed by atoms with van der Waals surface area (Å²) in [6.45, 7) is 5.11. The molecule has 2 amide bonds. The fourth-order valence-electron chi connectivity index (χ4n) is 3.04. The van der Waals surface area contributed by atoms with Crippen molar-refractivity contribution in [1.82, 2.24) is 21.3 Å². The standard InChI is InChI=1S/C21H38N4O5/c1-14(26)8-10-18(23-5)20(29)25-19(11-9-15(2)27)21(30)24-17(13-16(3)28)7-6-12-22-4/h17-19,22-23H,6-13H2,1-5H3,(H,24,30)(H,25,29). The van der Waals surface area contributed by atoms with Gasteiger partial charge in [-0.2, -0.15) is 0 Å². The number of Topliss-reactive ketones (excluding diaryl/α,β-unsaturated/α-hetero) is 3. The molecule has 0 aliphatic rings. The Labute approximate surface area is 179 Å². The summed E-state index contributed by atoms with van der Waals surface area (Å²) in [5.41, 5.74) is 0. The second kappa shape index (κ2) is 15.7. The second-order valence-corrected chi connectivity index (χ2v) is 7.74. The van der Waals surface area contributed by atoms with Crippen molar-refractivity contribution in [3.8, 4) is 0 Å². The molecule has 0 heterocycles. The van der Waals surface area contributed by atoms with Crippen LogP contribution in [0.2, 0.25) is 0 Å². The Hall–Kier alpha value is -2.13. The van der Waals surface area contributed by atoms with Gasteiger partial charge in [0, 0.05) is 25.3 Å². The molecule has 0 spiro atoms. The predicted octanol–water partition coefficient (Wildman–Crippen LogP) is 0.261. The predicted molar refractivity (Wildman–Crippen MR) is 115 cm³/mol. The van der Waals surface area contributed by atoms with Gasteiger partial charge in [0.25, 0.3) is 0 Å². The molecule has 0 aliphatic carbocycles. The van der Waals surface area contributed by atoms with Gasteiger partial charge in [-0.15, -0.1) is 0 Å². The summed E-state index contributed by atoms with van der Waals surface area (Å²) in [5, 5.41) is 11.4. The van der Waals surface area contributed by atoms with Crippen LogP contribution in [0.3, 0.4) is 0 Å². The minimum Gasteiger partial charge on any atom is -0.351 e. The summed E-state index contributed by atoms with van der Waals surface area (Å²) in [4.78, 5) is 59.7. The molecular weight excluding hydrogens is 388 g/mol. The number of carbonyl (C=O) groups excluding carboxylic acids is 5. The van der Waals surface area contributed by atoms with Crippen LogP contribution in [0.5, 0.6) is 0 Å². The van der Waals surface area contributed by atoms with Crippen LogP contribution >= 0.6 is 0 Å². The van der Waals surface area contributed by atoms with E-state index in [1.165, 1.54) is 20.8 Å². The van der Waals surface area contributed by atoms with Crippen LogP contribution in [0.1, 0.15) is 65.7 Å². The zero-order chi connectivity index (χ0) is 23.1. The van der Waals surface area contributed by atoms with Gasteiger partial charge < -0.3 is 30.9 Å². The molecule has 0 rings (SSSR count). The van der Waals surface area contributed by atoms with Crippen LogP contribution in [0.15, 0.2) is 0 Å². The maximum atomic E-state index is 12.9. The van der Waals surface area contributed by atoms with Gasteiger partial charge in [-0.25, -0.2) is 0 Å². The molecule has 0 bridgehead atoms. The zero-order valence-electron chi connectivity index (χ0n) is 18.9. The highest BCUT2D eigenvalue weighted by Gasteiger charge is 2.27. The molecule has 30 heavy (non-hydrogen) atoms. The first-order chi connectivity index (χ1) is 14.1. The first kappa shape index (κ1) is 27.9. The summed E-state index contributed by atoms with van der Waals surface area (Å²) < 4.78 is 0. The maximum absolute atomic E-state index is 12.9. The second-order valence-electron chi connectivity index (χ2n) is 7.74. The number of hydrogen-bond donors (Lipinski definition) is 4. The van der Waals surface area contributed by atoms with E-state index in [0.29, 0.717) is 12.8 Å². The molecule has 9 nitrogen and oxygen atoms in total. The molecule has 0 aromatic heterocycles. The minimum atomic E-state index is -0.895. The number of hydrogen-bond acceptors (Lipinski definition) is 7. The van der Waals surface area contributed by atoms with Crippen LogP contribution in [-0.2, 0) is 24.0 Å². The molecule has 0 radical (unpaired) electrons. The van der Waals surface area contributed by atoms with Crippen LogP contribution in [0.4, 0.5) is 0 Å². The molecule has 9 heteroatoms. The maximum Gasteiger partial charge on any atom is 0.242 e. The monoisotopic (exact) mass is 426 g/mol. The average Bonchev–Trinajstić information content (AvgIpc) is 2.64. The van der Waals surface area contributed by atoms with E-state index in [1.807, 2.05) is 7.05 Å². The third kappa shape index (κ3) is 13.2. The number of rotatable bonds is 17. The smallest absolute Gasteiger partial charge is 0.242 e. The Balaban J connectivity index is 5.18. The molecule has 0 fully saturated rings. The van der Waals surface area contributed by atoms with Crippen molar-refractivity contribution in [1.29, 1.82) is 0 Å². The third-order valence-corrected chi connectivity index (χ3v) is 4.73. The van der Waals surface area contributed by atoms with Crippen molar-refractivity contribution in [3.63, 3.8) is 0 Å². The lowest BCUT2D eigenvalue weighted by Crippen LogP contribution is -2.54. The number of amides is 2. The van der Waals surface area contributed by atoms with Crippen LogP contribution in [-0.4, -0.2) is 67.9 Å². The minimum absolute atomic E-state index is 0.0254. The Bertz CT molecular complexity index is 594. The summed E-state index contributed by atoms with van der Waals surface area (Å²) in [6.07, 6.45) is 2.49. The van der Waals surface area contributed by atoms with Crippen molar-refractivity contribution in [3.05, 3.63) is 0 Å². The summed E-state index contributed by atoms with van der Waals surface area (Å²) >= 11 is 0. The van der Waals surface area contributed by atoms with Crippen molar-refractivity contribution in [2.75, 3.05) is 20.6 Å². The number of likely N-dealkylation sites (N-methyl/N-ethyl adjacent to an activating group) is 1. The lowest BCUT2D eigenvalue weighted by atomic mass is 10.0. The van der Waals surface area contributed by atoms with Crippen molar-refractivity contribution >= 4 is 29.2 Å². The molecule has 4 N–H and O–H groups in total. The summed E-state index contributed by atoms with van der Waals surface area (Å²) in [5.74, 6) is -0.961. The average molecular weight is 427 g/mol. The van der Waals surface area contributed by atoms with Gasteiger partial charge in [-0.3, -0.25) is 14.4 Å². The lowest BCUT2D eigenvalue weighted by molar-refractivity contribution is -0.131. The van der Waals surface area contributed by atoms with E-state index < -0.39 is 23.9 Å². The highest BCUT2D eigenvalue weighted by atomic mass is 16.2. The number of ketones is 3. The van der Waals surface area contributed by atoms with Gasteiger partial charge in [-0.05, 0) is 67.1 Å². The van der Waals surface area contributed by atoms with Gasteiger partial charge in [0.05, 0.1) is 6.04 Å². The highest BCUT2D eigenvalue weighted by molar-refractivity contribution is 5.91. The Morgan fingerprint density at radius 3 is 1.70 bits per heavy atom. The van der Waals surface area contributed by atoms with E-state index in [4.69, 9.17) is 0 Å². The Morgan fingerprint density at radius 1 is 0.700 bits per heavy atom. The molecular formula is C21H38N4O5. The van der Waals surface area contributed by atoms with Crippen LogP contribution in [0.25, 0.3) is 0 Å². The largest absolute Gasteiger partial charge is 0.351 e. The van der Waals surface area contributed by atoms with Crippen molar-refractivity contribution in [2.45, 2.75) is 83.8 Å². The normalized spacial score (nSPS) is 13.8.